The molecule has 1 fully saturated rings. The van der Waals surface area contributed by atoms with E-state index < -0.39 is 5.54 Å². The Morgan fingerprint density at radius 2 is 1.80 bits per heavy atom. The molecule has 1 N–H and O–H groups in total. The zero-order chi connectivity index (χ0) is 21.3. The molecule has 1 saturated heterocycles. The van der Waals surface area contributed by atoms with Crippen LogP contribution in [0.3, 0.4) is 0 Å². The van der Waals surface area contributed by atoms with Gasteiger partial charge in [0.15, 0.2) is 0 Å². The number of carbonyl (C=O) groups is 2. The van der Waals surface area contributed by atoms with Crippen molar-refractivity contribution in [1.29, 1.82) is 0 Å². The highest BCUT2D eigenvalue weighted by molar-refractivity contribution is 5.76. The first kappa shape index (κ1) is 20.4. The number of hydrogen-bond donors (Lipinski definition) is 1. The summed E-state index contributed by atoms with van der Waals surface area (Å²) in [4.78, 5) is 33.8. The van der Waals surface area contributed by atoms with Gasteiger partial charge in [0, 0.05) is 39.6 Å². The molecule has 4 rings (SSSR count). The highest BCUT2D eigenvalue weighted by Crippen LogP contribution is 2.42. The molecular weight excluding hydrogens is 378 g/mol. The number of imidazole rings is 1. The molecule has 30 heavy (non-hydrogen) atoms. The molecule has 3 amide bonds. The fraction of sp³-hybridized carbons (Fsp3) is 0.522. The Morgan fingerprint density at radius 3 is 2.43 bits per heavy atom. The summed E-state index contributed by atoms with van der Waals surface area (Å²) in [6.07, 6.45) is 3.33. The predicted octanol–water partition coefficient (Wildman–Crippen LogP) is 3.07. The van der Waals surface area contributed by atoms with Crippen LogP contribution < -0.4 is 5.32 Å². The van der Waals surface area contributed by atoms with Crippen LogP contribution >= 0.6 is 0 Å². The van der Waals surface area contributed by atoms with Gasteiger partial charge >= 0.3 is 6.03 Å². The molecule has 0 unspecified atom stereocenters. The Kier molecular flexibility index (Phi) is 5.54. The zero-order valence-corrected chi connectivity index (χ0v) is 18.1. The van der Waals surface area contributed by atoms with E-state index in [4.69, 9.17) is 4.98 Å². The second-order valence-electron chi connectivity index (χ2n) is 8.75. The molecule has 1 aromatic heterocycles. The highest BCUT2D eigenvalue weighted by atomic mass is 16.2. The topological polar surface area (TPSA) is 70.5 Å². The maximum atomic E-state index is 12.5. The van der Waals surface area contributed by atoms with E-state index in [0.717, 1.165) is 23.6 Å². The monoisotopic (exact) mass is 409 g/mol. The van der Waals surface area contributed by atoms with Crippen molar-refractivity contribution in [3.63, 3.8) is 0 Å². The summed E-state index contributed by atoms with van der Waals surface area (Å²) in [6, 6.07) is 10.2. The van der Waals surface area contributed by atoms with Crippen molar-refractivity contribution >= 4 is 11.9 Å². The van der Waals surface area contributed by atoms with Gasteiger partial charge in [0.2, 0.25) is 5.91 Å². The molecule has 0 bridgehead atoms. The molecule has 3 heterocycles. The second-order valence-corrected chi connectivity index (χ2v) is 8.75. The summed E-state index contributed by atoms with van der Waals surface area (Å²) >= 11 is 0. The van der Waals surface area contributed by atoms with Crippen LogP contribution in [0.5, 0.6) is 0 Å². The fourth-order valence-electron chi connectivity index (χ4n) is 4.78. The van der Waals surface area contributed by atoms with Crippen molar-refractivity contribution in [2.24, 2.45) is 5.92 Å². The number of likely N-dealkylation sites (tertiary alicyclic amines) is 1. The molecule has 0 radical (unpaired) electrons. The summed E-state index contributed by atoms with van der Waals surface area (Å²) < 4.78 is 2.27. The first-order valence-electron chi connectivity index (χ1n) is 10.8. The first-order valence-corrected chi connectivity index (χ1v) is 10.8. The number of fused-ring (bicyclic) bond motifs is 2. The van der Waals surface area contributed by atoms with Crippen LogP contribution in [0.25, 0.3) is 11.3 Å². The van der Waals surface area contributed by atoms with Crippen molar-refractivity contribution in [1.82, 2.24) is 24.7 Å². The lowest BCUT2D eigenvalue weighted by atomic mass is 9.83. The SMILES string of the molecule is CC(=O)N1CCn2c(-c3ccccc3)cnc2C12CCN(C(=O)NCC(C)C)CC2. The summed E-state index contributed by atoms with van der Waals surface area (Å²) in [7, 11) is 0. The number of benzene rings is 1. The lowest BCUT2D eigenvalue weighted by Gasteiger charge is -2.50. The largest absolute Gasteiger partial charge is 0.338 e. The molecule has 0 atom stereocenters. The van der Waals surface area contributed by atoms with Gasteiger partial charge in [-0.3, -0.25) is 4.79 Å². The molecular formula is C23H31N5O2. The Bertz CT molecular complexity index is 913. The Morgan fingerprint density at radius 1 is 1.10 bits per heavy atom. The van der Waals surface area contributed by atoms with E-state index in [1.165, 1.54) is 0 Å². The van der Waals surface area contributed by atoms with Crippen molar-refractivity contribution < 1.29 is 9.59 Å². The van der Waals surface area contributed by atoms with E-state index in [1.807, 2.05) is 34.2 Å². The van der Waals surface area contributed by atoms with E-state index >= 15 is 0 Å². The maximum absolute atomic E-state index is 12.5. The molecule has 2 aromatic rings. The van der Waals surface area contributed by atoms with Crippen LogP contribution in [0.1, 0.15) is 39.4 Å². The lowest BCUT2D eigenvalue weighted by molar-refractivity contribution is -0.140. The van der Waals surface area contributed by atoms with Crippen LogP contribution in [0.2, 0.25) is 0 Å². The van der Waals surface area contributed by atoms with Crippen LogP contribution in [0, 0.1) is 5.92 Å². The molecule has 7 nitrogen and oxygen atoms in total. The number of urea groups is 1. The minimum absolute atomic E-state index is 0.0166. The van der Waals surface area contributed by atoms with Gasteiger partial charge in [0.05, 0.1) is 11.9 Å². The van der Waals surface area contributed by atoms with E-state index in [0.29, 0.717) is 44.9 Å². The third-order valence-electron chi connectivity index (χ3n) is 6.32. The van der Waals surface area contributed by atoms with E-state index in [1.54, 1.807) is 6.92 Å². The summed E-state index contributed by atoms with van der Waals surface area (Å²) in [5.41, 5.74) is 1.77. The number of nitrogens with zero attached hydrogens (tertiary/aromatic N) is 4. The van der Waals surface area contributed by atoms with Gasteiger partial charge in [0.25, 0.3) is 0 Å². The van der Waals surface area contributed by atoms with Crippen LogP contribution in [0.4, 0.5) is 4.79 Å². The average molecular weight is 410 g/mol. The predicted molar refractivity (Wildman–Crippen MR) is 116 cm³/mol. The molecule has 0 aliphatic carbocycles. The zero-order valence-electron chi connectivity index (χ0n) is 18.1. The molecule has 160 valence electrons. The summed E-state index contributed by atoms with van der Waals surface area (Å²) in [6.45, 7) is 9.11. The second kappa shape index (κ2) is 8.13. The van der Waals surface area contributed by atoms with Gasteiger partial charge in [-0.05, 0) is 24.3 Å². The maximum Gasteiger partial charge on any atom is 0.317 e. The molecule has 0 saturated carbocycles. The third-order valence-corrected chi connectivity index (χ3v) is 6.32. The molecule has 2 aliphatic rings. The Hall–Kier alpha value is -2.83. The quantitative estimate of drug-likeness (QED) is 0.847. The fourth-order valence-corrected chi connectivity index (χ4v) is 4.78. The van der Waals surface area contributed by atoms with Gasteiger partial charge < -0.3 is 19.7 Å². The Balaban J connectivity index is 1.62. The molecule has 2 aliphatic heterocycles. The van der Waals surface area contributed by atoms with Crippen molar-refractivity contribution in [3.8, 4) is 11.3 Å². The lowest BCUT2D eigenvalue weighted by Crippen LogP contribution is -2.60. The number of aromatic nitrogens is 2. The van der Waals surface area contributed by atoms with E-state index in [2.05, 4.69) is 35.9 Å². The highest BCUT2D eigenvalue weighted by Gasteiger charge is 2.49. The molecule has 1 spiro atoms. The van der Waals surface area contributed by atoms with E-state index in [-0.39, 0.29) is 11.9 Å². The average Bonchev–Trinajstić information content (AvgIpc) is 3.18. The number of carbonyl (C=O) groups excluding carboxylic acids is 2. The number of hydrogen-bond acceptors (Lipinski definition) is 3. The van der Waals surface area contributed by atoms with E-state index in [9.17, 15) is 9.59 Å². The number of rotatable bonds is 3. The van der Waals surface area contributed by atoms with Crippen molar-refractivity contribution in [3.05, 3.63) is 42.4 Å². The van der Waals surface area contributed by atoms with Gasteiger partial charge in [-0.15, -0.1) is 0 Å². The van der Waals surface area contributed by atoms with Crippen molar-refractivity contribution in [2.45, 2.75) is 45.7 Å². The number of amides is 3. The van der Waals surface area contributed by atoms with Crippen LogP contribution in [-0.4, -0.2) is 57.5 Å². The first-order chi connectivity index (χ1) is 14.4. The minimum Gasteiger partial charge on any atom is -0.338 e. The van der Waals surface area contributed by atoms with Crippen LogP contribution in [-0.2, 0) is 16.9 Å². The smallest absolute Gasteiger partial charge is 0.317 e. The number of nitrogens with one attached hydrogen (secondary N) is 1. The summed E-state index contributed by atoms with van der Waals surface area (Å²) in [5.74, 6) is 1.44. The van der Waals surface area contributed by atoms with Gasteiger partial charge in [0.1, 0.15) is 11.4 Å². The summed E-state index contributed by atoms with van der Waals surface area (Å²) in [5, 5.41) is 3.01. The van der Waals surface area contributed by atoms with Crippen molar-refractivity contribution in [2.75, 3.05) is 26.2 Å². The standard InChI is InChI=1S/C23H31N5O2/c1-17(2)15-25-22(30)26-11-9-23(10-12-26)21-24-16-20(19-7-5-4-6-8-19)27(21)13-14-28(23)18(3)29/h4-8,16-17H,9-15H2,1-3H3,(H,25,30). The van der Waals surface area contributed by atoms with Crippen LogP contribution in [0.15, 0.2) is 36.5 Å². The van der Waals surface area contributed by atoms with Gasteiger partial charge in [-0.25, -0.2) is 9.78 Å². The molecule has 1 aromatic carbocycles. The number of piperidine rings is 1. The molecule has 7 heteroatoms. The minimum atomic E-state index is -0.452. The van der Waals surface area contributed by atoms with Gasteiger partial charge in [-0.1, -0.05) is 44.2 Å². The normalized spacial score (nSPS) is 17.9. The Labute approximate surface area is 178 Å². The van der Waals surface area contributed by atoms with Gasteiger partial charge in [-0.2, -0.15) is 0 Å². The third kappa shape index (κ3) is 3.57.